The summed E-state index contributed by atoms with van der Waals surface area (Å²) in [5.74, 6) is -2.22. The van der Waals surface area contributed by atoms with Gasteiger partial charge in [-0.05, 0) is 85.8 Å². The van der Waals surface area contributed by atoms with Crippen molar-refractivity contribution in [2.45, 2.75) is 105 Å². The minimum Gasteiger partial charge on any atom is -0.469 e. The van der Waals surface area contributed by atoms with Crippen LogP contribution in [0.1, 0.15) is 108 Å². The third-order valence-electron chi connectivity index (χ3n) is 12.6. The van der Waals surface area contributed by atoms with Gasteiger partial charge in [-0.3, -0.25) is 44.3 Å². The summed E-state index contributed by atoms with van der Waals surface area (Å²) in [6.45, 7) is 5.46. The number of amides is 4. The number of carbonyl (C=O) groups excluding carboxylic acids is 6. The lowest BCUT2D eigenvalue weighted by Crippen LogP contribution is -2.53. The van der Waals surface area contributed by atoms with E-state index in [4.69, 9.17) is 25.7 Å². The maximum absolute atomic E-state index is 13.7. The van der Waals surface area contributed by atoms with E-state index in [1.54, 1.807) is 25.8 Å². The lowest BCUT2D eigenvalue weighted by Gasteiger charge is -2.29. The van der Waals surface area contributed by atoms with Crippen LogP contribution in [0, 0.1) is 11.8 Å². The number of nitrogens with two attached hydrogens (primary N) is 2. The van der Waals surface area contributed by atoms with E-state index in [0.29, 0.717) is 76.4 Å². The van der Waals surface area contributed by atoms with Crippen LogP contribution < -0.4 is 16.9 Å². The Balaban J connectivity index is 0.000000471. The summed E-state index contributed by atoms with van der Waals surface area (Å²) in [7, 11) is 4.37. The first-order chi connectivity index (χ1) is 34.7. The molecule has 0 bridgehead atoms. The van der Waals surface area contributed by atoms with Crippen LogP contribution in [-0.2, 0) is 51.3 Å². The Hall–Kier alpha value is -7.56. The van der Waals surface area contributed by atoms with Crippen LogP contribution in [0.3, 0.4) is 0 Å². The molecule has 17 heteroatoms. The molecule has 1 fully saturated rings. The zero-order valence-corrected chi connectivity index (χ0v) is 42.2. The number of methoxy groups -OCH3 is 2. The molecular weight excluding hydrogens is 941 g/mol. The molecule has 3 unspecified atom stereocenters. The second kappa shape index (κ2) is 31.1. The largest absolute Gasteiger partial charge is 0.469 e. The SMILES string of the molecule is C.C.COC(=O)C(CCCN=C(C)N)CC(=O)N(C)Cc1ccccc1.COC(=O)C(CCCN=C(C)N)CC(=O)N(Cc1ccccc1)NC(=O)C1CCCN1C(=O)OCC1c2ccccc2-c2ccccc21. The summed E-state index contributed by atoms with van der Waals surface area (Å²) >= 11 is 0. The van der Waals surface area contributed by atoms with E-state index in [1.165, 1.54) is 24.1 Å². The average molecular weight is 1020 g/mol. The molecule has 1 heterocycles. The van der Waals surface area contributed by atoms with Gasteiger partial charge in [0.1, 0.15) is 12.6 Å². The second-order valence-corrected chi connectivity index (χ2v) is 18.0. The third kappa shape index (κ3) is 18.2. The van der Waals surface area contributed by atoms with Gasteiger partial charge < -0.3 is 30.6 Å². The summed E-state index contributed by atoms with van der Waals surface area (Å²) in [5, 5.41) is 1.23. The number of esters is 2. The molecule has 74 heavy (non-hydrogen) atoms. The third-order valence-corrected chi connectivity index (χ3v) is 12.6. The molecular formula is C57H78N8O9. The van der Waals surface area contributed by atoms with Crippen LogP contribution in [0.25, 0.3) is 11.1 Å². The monoisotopic (exact) mass is 1020 g/mol. The highest BCUT2D eigenvalue weighted by atomic mass is 16.6. The zero-order chi connectivity index (χ0) is 52.0. The highest BCUT2D eigenvalue weighted by Gasteiger charge is 2.38. The summed E-state index contributed by atoms with van der Waals surface area (Å²) < 4.78 is 15.7. The van der Waals surface area contributed by atoms with E-state index in [9.17, 15) is 28.8 Å². The number of benzene rings is 4. The lowest BCUT2D eigenvalue weighted by molar-refractivity contribution is -0.151. The molecule has 400 valence electrons. The highest BCUT2D eigenvalue weighted by molar-refractivity contribution is 5.90. The molecule has 4 aromatic rings. The first-order valence-electron chi connectivity index (χ1n) is 24.4. The fourth-order valence-electron chi connectivity index (χ4n) is 8.86. The van der Waals surface area contributed by atoms with Crippen molar-refractivity contribution in [3.05, 3.63) is 131 Å². The van der Waals surface area contributed by atoms with E-state index in [-0.39, 0.29) is 58.6 Å². The van der Waals surface area contributed by atoms with Gasteiger partial charge in [-0.15, -0.1) is 0 Å². The predicted octanol–water partition coefficient (Wildman–Crippen LogP) is 8.05. The van der Waals surface area contributed by atoms with Crippen molar-refractivity contribution >= 4 is 47.4 Å². The number of hydrazine groups is 1. The molecule has 6 rings (SSSR count). The van der Waals surface area contributed by atoms with Gasteiger partial charge in [-0.25, -0.2) is 9.80 Å². The molecule has 2 aliphatic rings. The van der Waals surface area contributed by atoms with Gasteiger partial charge in [0.15, 0.2) is 0 Å². The molecule has 4 aromatic carbocycles. The average Bonchev–Trinajstić information content (AvgIpc) is 4.01. The van der Waals surface area contributed by atoms with Crippen LogP contribution in [0.15, 0.2) is 119 Å². The van der Waals surface area contributed by atoms with E-state index < -0.39 is 41.8 Å². The van der Waals surface area contributed by atoms with Crippen molar-refractivity contribution in [2.24, 2.45) is 33.3 Å². The van der Waals surface area contributed by atoms with Gasteiger partial charge in [-0.2, -0.15) is 0 Å². The maximum Gasteiger partial charge on any atom is 0.410 e. The van der Waals surface area contributed by atoms with E-state index in [0.717, 1.165) is 33.4 Å². The van der Waals surface area contributed by atoms with Crippen molar-refractivity contribution in [3.63, 3.8) is 0 Å². The van der Waals surface area contributed by atoms with Crippen LogP contribution in [0.4, 0.5) is 4.79 Å². The Kier molecular flexibility index (Phi) is 25.5. The number of amidine groups is 2. The molecule has 1 aliphatic heterocycles. The van der Waals surface area contributed by atoms with Gasteiger partial charge in [0.2, 0.25) is 11.8 Å². The van der Waals surface area contributed by atoms with Crippen LogP contribution in [0.2, 0.25) is 0 Å². The van der Waals surface area contributed by atoms with Gasteiger partial charge in [-0.1, -0.05) is 124 Å². The number of carbonyl (C=O) groups is 6. The molecule has 4 amide bonds. The standard InChI is InChI=1S/C37H43N5O6.C18H27N3O3.2CH4/c1-25(38)39-20-10-14-27(36(45)47-2)22-34(43)42(23-26-12-4-3-5-13-26)40-35(44)33-19-11-21-41(33)37(46)48-24-32-30-17-8-6-15-28(30)29-16-7-9-18-31(29)32;1-14(19)20-11-7-10-16(18(23)24-3)12-17(22)21(2)13-15-8-5-4-6-9-15;;/h3-9,12-13,15-18,27,32-33H,10-11,14,19-24H2,1-2H3,(H2,38,39)(H,40,44);4-6,8-9,16H,7,10-13H2,1-3H3,(H2,19,20);2*1H4. The van der Waals surface area contributed by atoms with Gasteiger partial charge in [0.05, 0.1) is 44.3 Å². The smallest absolute Gasteiger partial charge is 0.410 e. The molecule has 0 radical (unpaired) electrons. The number of nitrogens with one attached hydrogen (secondary N) is 1. The number of nitrogens with zero attached hydrogens (tertiary/aromatic N) is 5. The van der Waals surface area contributed by atoms with E-state index in [1.807, 2.05) is 84.9 Å². The number of ether oxygens (including phenoxy) is 3. The topological polar surface area (TPSA) is 229 Å². The summed E-state index contributed by atoms with van der Waals surface area (Å²) in [6, 6.07) is 34.4. The van der Waals surface area contributed by atoms with Crippen molar-refractivity contribution in [1.82, 2.24) is 20.2 Å². The first kappa shape index (κ1) is 60.7. The Morgan fingerprint density at radius 1 is 0.676 bits per heavy atom. The number of likely N-dealkylation sites (tertiary alicyclic amines) is 1. The maximum atomic E-state index is 13.7. The second-order valence-electron chi connectivity index (χ2n) is 18.0. The zero-order valence-electron chi connectivity index (χ0n) is 42.2. The van der Waals surface area contributed by atoms with Crippen molar-refractivity contribution < 1.29 is 43.0 Å². The predicted molar refractivity (Wildman–Crippen MR) is 289 cm³/mol. The Bertz CT molecular complexity index is 2450. The normalized spacial score (nSPS) is 14.5. The summed E-state index contributed by atoms with van der Waals surface area (Å²) in [6.07, 6.45) is 2.56. The van der Waals surface area contributed by atoms with Crippen molar-refractivity contribution in [1.29, 1.82) is 0 Å². The molecule has 1 saturated heterocycles. The van der Waals surface area contributed by atoms with Crippen LogP contribution in [0.5, 0.6) is 0 Å². The highest BCUT2D eigenvalue weighted by Crippen LogP contribution is 2.44. The van der Waals surface area contributed by atoms with Gasteiger partial charge >= 0.3 is 18.0 Å². The fraction of sp³-hybridized carbons (Fsp3) is 0.439. The number of aliphatic imine (C=N–C) groups is 2. The first-order valence-corrected chi connectivity index (χ1v) is 24.4. The van der Waals surface area contributed by atoms with Crippen LogP contribution in [-0.4, -0.2) is 116 Å². The van der Waals surface area contributed by atoms with Crippen molar-refractivity contribution in [2.75, 3.05) is 47.5 Å². The molecule has 0 aromatic heterocycles. The number of rotatable bonds is 21. The molecule has 0 saturated carbocycles. The quantitative estimate of drug-likeness (QED) is 0.0181. The van der Waals surface area contributed by atoms with Crippen LogP contribution >= 0.6 is 0 Å². The summed E-state index contributed by atoms with van der Waals surface area (Å²) in [5.41, 5.74) is 20.2. The Morgan fingerprint density at radius 2 is 1.14 bits per heavy atom. The van der Waals surface area contributed by atoms with Crippen molar-refractivity contribution in [3.8, 4) is 11.1 Å². The molecule has 1 aliphatic carbocycles. The minimum absolute atomic E-state index is 0. The minimum atomic E-state index is -0.819. The molecule has 0 spiro atoms. The van der Waals surface area contributed by atoms with E-state index in [2.05, 4.69) is 39.7 Å². The Labute approximate surface area is 437 Å². The number of hydrogen-bond acceptors (Lipinski definition) is 11. The number of fused-ring (bicyclic) bond motifs is 3. The van der Waals surface area contributed by atoms with Gasteiger partial charge in [0.25, 0.3) is 5.91 Å². The number of hydrogen-bond donors (Lipinski definition) is 3. The fourth-order valence-corrected chi connectivity index (χ4v) is 8.86. The molecule has 5 N–H and O–H groups in total. The lowest BCUT2D eigenvalue weighted by atomic mass is 9.98. The summed E-state index contributed by atoms with van der Waals surface area (Å²) in [4.78, 5) is 89.1. The van der Waals surface area contributed by atoms with Gasteiger partial charge in [0, 0.05) is 52.0 Å². The molecule has 17 nitrogen and oxygen atoms in total. The molecule has 3 atom stereocenters. The van der Waals surface area contributed by atoms with E-state index >= 15 is 0 Å². The Morgan fingerprint density at radius 3 is 1.62 bits per heavy atom.